The van der Waals surface area contributed by atoms with Crippen LogP contribution in [0.1, 0.15) is 133 Å². The first kappa shape index (κ1) is 40.8. The van der Waals surface area contributed by atoms with Crippen LogP contribution in [0, 0.1) is 0 Å². The van der Waals surface area contributed by atoms with Crippen molar-refractivity contribution >= 4 is 23.5 Å². The number of hydrogen-bond acceptors (Lipinski definition) is 8. The Morgan fingerprint density at radius 1 is 0.565 bits per heavy atom. The third-order valence-electron chi connectivity index (χ3n) is 8.06. The summed E-state index contributed by atoms with van der Waals surface area (Å²) in [5, 5.41) is 52.7. The number of phenols is 1. The van der Waals surface area contributed by atoms with Crippen molar-refractivity contribution in [3.8, 4) is 11.5 Å². The maximum atomic E-state index is 11.2. The normalized spacial score (nSPS) is 16.2. The monoisotopic (exact) mass is 678 g/mol. The molecule has 0 unspecified atom stereocenters. The average molecular weight is 679 g/mol. The molecule has 0 aromatic heterocycles. The molecule has 0 spiro atoms. The number of ether oxygens (including phenoxy) is 1. The molecule has 0 aliphatic heterocycles. The summed E-state index contributed by atoms with van der Waals surface area (Å²) < 4.78 is 6.04. The Hall–Kier alpha value is -1.42. The molecule has 0 aliphatic rings. The molecule has 46 heavy (non-hydrogen) atoms. The molecule has 0 heterocycles. The SMILES string of the molecule is CC[C@H](O)[C@@H](O)[C@H](O)[C@H](O)COc1c(C(C)(C)C)cc(SC(C)(C)Sc2cc(C(C)(C)C)c(O)c(C(C)(C)C)c2)cc1C(C)(C)C. The lowest BCUT2D eigenvalue weighted by atomic mass is 9.79. The Bertz CT molecular complexity index is 1250. The Kier molecular flexibility index (Phi) is 12.9. The molecule has 0 amide bonds. The van der Waals surface area contributed by atoms with Crippen LogP contribution in [0.25, 0.3) is 0 Å². The van der Waals surface area contributed by atoms with E-state index in [1.807, 2.05) is 0 Å². The summed E-state index contributed by atoms with van der Waals surface area (Å²) in [6.07, 6.45) is -5.29. The van der Waals surface area contributed by atoms with Crippen molar-refractivity contribution < 1.29 is 30.3 Å². The van der Waals surface area contributed by atoms with Crippen molar-refractivity contribution in [2.45, 2.75) is 170 Å². The van der Waals surface area contributed by atoms with Gasteiger partial charge in [-0.1, -0.05) is 90.0 Å². The van der Waals surface area contributed by atoms with Gasteiger partial charge < -0.3 is 30.3 Å². The summed E-state index contributed by atoms with van der Waals surface area (Å²) >= 11 is 3.56. The van der Waals surface area contributed by atoms with Crippen molar-refractivity contribution in [3.63, 3.8) is 0 Å². The van der Waals surface area contributed by atoms with E-state index in [0.717, 1.165) is 32.0 Å². The van der Waals surface area contributed by atoms with Crippen LogP contribution < -0.4 is 4.74 Å². The summed E-state index contributed by atoms with van der Waals surface area (Å²) in [6.45, 7) is 31.4. The topological polar surface area (TPSA) is 110 Å². The van der Waals surface area contributed by atoms with E-state index < -0.39 is 24.4 Å². The van der Waals surface area contributed by atoms with Gasteiger partial charge in [0.25, 0.3) is 0 Å². The lowest BCUT2D eigenvalue weighted by Crippen LogP contribution is -2.46. The summed E-state index contributed by atoms with van der Waals surface area (Å²) in [5.74, 6) is 1.04. The summed E-state index contributed by atoms with van der Waals surface area (Å²) in [7, 11) is 0. The van der Waals surface area contributed by atoms with Crippen molar-refractivity contribution in [2.24, 2.45) is 0 Å². The molecule has 6 nitrogen and oxygen atoms in total. The molecule has 2 rings (SSSR count). The van der Waals surface area contributed by atoms with Crippen LogP contribution in [0.4, 0.5) is 0 Å². The third-order valence-corrected chi connectivity index (χ3v) is 10.5. The molecule has 2 aromatic carbocycles. The number of thioether (sulfide) groups is 2. The zero-order valence-corrected chi connectivity index (χ0v) is 32.6. The maximum Gasteiger partial charge on any atom is 0.126 e. The molecule has 0 fully saturated rings. The van der Waals surface area contributed by atoms with E-state index in [1.165, 1.54) is 0 Å². The fraction of sp³-hybridized carbons (Fsp3) is 0.684. The second-order valence-corrected chi connectivity index (χ2v) is 20.8. The molecule has 2 aromatic rings. The van der Waals surface area contributed by atoms with Crippen LogP contribution in [0.15, 0.2) is 34.1 Å². The highest BCUT2D eigenvalue weighted by atomic mass is 32.2. The van der Waals surface area contributed by atoms with Crippen molar-refractivity contribution in [3.05, 3.63) is 46.5 Å². The van der Waals surface area contributed by atoms with E-state index in [9.17, 15) is 25.5 Å². The van der Waals surface area contributed by atoms with Gasteiger partial charge in [0.1, 0.15) is 36.4 Å². The second-order valence-electron chi connectivity index (χ2n) is 17.2. The number of phenolic OH excluding ortho intramolecular Hbond substituents is 1. The van der Waals surface area contributed by atoms with E-state index in [0.29, 0.717) is 11.5 Å². The van der Waals surface area contributed by atoms with Crippen molar-refractivity contribution in [1.29, 1.82) is 0 Å². The highest BCUT2D eigenvalue weighted by Crippen LogP contribution is 2.51. The summed E-state index contributed by atoms with van der Waals surface area (Å²) in [4.78, 5) is 2.20. The lowest BCUT2D eigenvalue weighted by molar-refractivity contribution is -0.113. The predicted molar refractivity (Wildman–Crippen MR) is 195 cm³/mol. The van der Waals surface area contributed by atoms with Crippen molar-refractivity contribution in [1.82, 2.24) is 0 Å². The minimum absolute atomic E-state index is 0.214. The Labute approximate surface area is 287 Å². The second kappa shape index (κ2) is 14.6. The Morgan fingerprint density at radius 3 is 1.22 bits per heavy atom. The molecule has 0 saturated carbocycles. The molecule has 262 valence electrons. The zero-order chi connectivity index (χ0) is 35.8. The third kappa shape index (κ3) is 10.5. The molecular formula is C38H62O6S2. The van der Waals surface area contributed by atoms with Crippen LogP contribution in [-0.2, 0) is 21.7 Å². The van der Waals surface area contributed by atoms with E-state index in [1.54, 1.807) is 30.4 Å². The first-order chi connectivity index (χ1) is 20.6. The Balaban J connectivity index is 2.56. The summed E-state index contributed by atoms with van der Waals surface area (Å²) in [6, 6.07) is 8.58. The molecule has 0 bridgehead atoms. The number of benzene rings is 2. The first-order valence-corrected chi connectivity index (χ1v) is 18.0. The van der Waals surface area contributed by atoms with E-state index in [4.69, 9.17) is 4.74 Å². The van der Waals surface area contributed by atoms with E-state index >= 15 is 0 Å². The van der Waals surface area contributed by atoms with Gasteiger partial charge >= 0.3 is 0 Å². The van der Waals surface area contributed by atoms with Gasteiger partial charge in [-0.3, -0.25) is 0 Å². The summed E-state index contributed by atoms with van der Waals surface area (Å²) in [5.41, 5.74) is 2.82. The molecular weight excluding hydrogens is 617 g/mol. The Morgan fingerprint density at radius 2 is 0.891 bits per heavy atom. The van der Waals surface area contributed by atoms with E-state index in [-0.39, 0.29) is 38.8 Å². The first-order valence-electron chi connectivity index (χ1n) is 16.4. The maximum absolute atomic E-state index is 11.2. The van der Waals surface area contributed by atoms with Gasteiger partial charge in [0.15, 0.2) is 0 Å². The van der Waals surface area contributed by atoms with Crippen LogP contribution >= 0.6 is 23.5 Å². The van der Waals surface area contributed by atoms with Gasteiger partial charge in [-0.05, 0) is 66.2 Å². The number of aliphatic hydroxyl groups excluding tert-OH is 4. The van der Waals surface area contributed by atoms with Gasteiger partial charge in [0, 0.05) is 32.0 Å². The van der Waals surface area contributed by atoms with Gasteiger partial charge in [0.2, 0.25) is 0 Å². The molecule has 0 aliphatic carbocycles. The number of rotatable bonds is 11. The number of aromatic hydroxyl groups is 1. The molecule has 5 N–H and O–H groups in total. The van der Waals surface area contributed by atoms with Crippen LogP contribution in [0.2, 0.25) is 0 Å². The van der Waals surface area contributed by atoms with Crippen molar-refractivity contribution in [2.75, 3.05) is 6.61 Å². The van der Waals surface area contributed by atoms with Crippen LogP contribution in [-0.4, -0.2) is 60.6 Å². The average Bonchev–Trinajstić information content (AvgIpc) is 2.88. The van der Waals surface area contributed by atoms with Gasteiger partial charge in [-0.15, -0.1) is 23.5 Å². The fourth-order valence-corrected chi connectivity index (χ4v) is 7.88. The standard InChI is InChI=1S/C38H62O6S2/c1-16-28(39)31(42)32(43)29(40)21-44-33-26(36(8,9)10)19-23(20-27(33)37(11,12)13)46-38(14,15)45-22-17-24(34(2,3)4)30(41)25(18-22)35(5,6)7/h17-20,28-29,31-32,39-43H,16,21H2,1-15H3/t28-,29+,31+,32+/m0/s1. The smallest absolute Gasteiger partial charge is 0.126 e. The predicted octanol–water partition coefficient (Wildman–Crippen LogP) is 8.44. The van der Waals surface area contributed by atoms with Gasteiger partial charge in [-0.25, -0.2) is 0 Å². The van der Waals surface area contributed by atoms with Crippen LogP contribution in [0.5, 0.6) is 11.5 Å². The van der Waals surface area contributed by atoms with Gasteiger partial charge in [0.05, 0.1) is 10.2 Å². The zero-order valence-electron chi connectivity index (χ0n) is 31.0. The molecule has 0 radical (unpaired) electrons. The minimum atomic E-state index is -1.55. The molecule has 8 heteroatoms. The molecule has 0 saturated heterocycles. The van der Waals surface area contributed by atoms with Gasteiger partial charge in [-0.2, -0.15) is 0 Å². The lowest BCUT2D eigenvalue weighted by Gasteiger charge is -2.33. The highest BCUT2D eigenvalue weighted by Gasteiger charge is 2.34. The number of aliphatic hydroxyl groups is 4. The minimum Gasteiger partial charge on any atom is -0.507 e. The fourth-order valence-electron chi connectivity index (χ4n) is 5.29. The van der Waals surface area contributed by atoms with Crippen LogP contribution in [0.3, 0.4) is 0 Å². The van der Waals surface area contributed by atoms with E-state index in [2.05, 4.69) is 121 Å². The molecule has 4 atom stereocenters. The number of hydrogen-bond donors (Lipinski definition) is 5. The largest absolute Gasteiger partial charge is 0.507 e. The quantitative estimate of drug-likeness (QED) is 0.119. The highest BCUT2D eigenvalue weighted by molar-refractivity contribution is 8.18.